The van der Waals surface area contributed by atoms with Gasteiger partial charge in [-0.1, -0.05) is 23.4 Å². The zero-order valence-corrected chi connectivity index (χ0v) is 12.9. The molecule has 128 valence electrons. The Morgan fingerprint density at radius 3 is 2.54 bits per heavy atom. The molecule has 1 aliphatic heterocycles. The van der Waals surface area contributed by atoms with E-state index in [1.807, 2.05) is 0 Å². The topological polar surface area (TPSA) is 48.2 Å². The lowest BCUT2D eigenvalue weighted by molar-refractivity contribution is -0.138. The lowest BCUT2D eigenvalue weighted by Crippen LogP contribution is -2.15. The Morgan fingerprint density at radius 1 is 1.04 bits per heavy atom. The van der Waals surface area contributed by atoms with Crippen LogP contribution in [-0.2, 0) is 10.9 Å². The average Bonchev–Trinajstić information content (AvgIpc) is 3.23. The number of hydrogen-bond donors (Lipinski definition) is 0. The summed E-state index contributed by atoms with van der Waals surface area (Å²) >= 11 is 0. The van der Waals surface area contributed by atoms with Crippen LogP contribution in [0, 0.1) is 0 Å². The predicted octanol–water partition coefficient (Wildman–Crippen LogP) is 4.25. The fourth-order valence-corrected chi connectivity index (χ4v) is 3.41. The van der Waals surface area contributed by atoms with E-state index in [1.54, 1.807) is 12.1 Å². The number of ether oxygens (including phenoxy) is 1. The van der Waals surface area contributed by atoms with Crippen molar-refractivity contribution in [1.82, 2.24) is 10.1 Å². The van der Waals surface area contributed by atoms with Crippen molar-refractivity contribution >= 4 is 0 Å². The highest BCUT2D eigenvalue weighted by atomic mass is 19.4. The van der Waals surface area contributed by atoms with Gasteiger partial charge in [0.1, 0.15) is 0 Å². The zero-order chi connectivity index (χ0) is 16.7. The second kappa shape index (κ2) is 5.88. The number of halogens is 3. The van der Waals surface area contributed by atoms with Gasteiger partial charge in [0.25, 0.3) is 0 Å². The fraction of sp³-hybridized carbons (Fsp3) is 0.529. The first-order valence-corrected chi connectivity index (χ1v) is 8.11. The summed E-state index contributed by atoms with van der Waals surface area (Å²) in [5.41, 5.74) is -0.248. The average molecular weight is 338 g/mol. The molecule has 0 unspecified atom stereocenters. The van der Waals surface area contributed by atoms with Crippen molar-refractivity contribution in [3.8, 4) is 0 Å². The van der Waals surface area contributed by atoms with Gasteiger partial charge in [-0.05, 0) is 36.8 Å². The van der Waals surface area contributed by atoms with Crippen molar-refractivity contribution in [1.29, 1.82) is 0 Å². The van der Waals surface area contributed by atoms with Crippen molar-refractivity contribution in [2.75, 3.05) is 13.2 Å². The molecule has 2 heterocycles. The van der Waals surface area contributed by atoms with Gasteiger partial charge >= 0.3 is 6.18 Å². The van der Waals surface area contributed by atoms with E-state index in [0.717, 1.165) is 18.9 Å². The standard InChI is InChI=1S/C17H17F3N2O2/c18-17(19,20)14-4-2-1-3-11(14)12-9-13(12)16-21-15(22-24-16)10-5-7-23-8-6-10/h1-4,10,12-13H,5-9H2/t12-,13+/m0/s1. The van der Waals surface area contributed by atoms with Gasteiger partial charge in [0.2, 0.25) is 5.89 Å². The minimum Gasteiger partial charge on any atom is -0.381 e. The Balaban J connectivity index is 1.52. The summed E-state index contributed by atoms with van der Waals surface area (Å²) in [6.07, 6.45) is -2.03. The van der Waals surface area contributed by atoms with Crippen LogP contribution in [0.1, 0.15) is 59.9 Å². The third kappa shape index (κ3) is 2.92. The van der Waals surface area contributed by atoms with Crippen LogP contribution in [0.15, 0.2) is 28.8 Å². The molecule has 1 aromatic heterocycles. The first-order valence-electron chi connectivity index (χ1n) is 8.11. The third-order valence-electron chi connectivity index (χ3n) is 4.82. The van der Waals surface area contributed by atoms with Crippen LogP contribution in [0.2, 0.25) is 0 Å². The molecule has 0 radical (unpaired) electrons. The van der Waals surface area contributed by atoms with Crippen LogP contribution in [0.5, 0.6) is 0 Å². The summed E-state index contributed by atoms with van der Waals surface area (Å²) in [4.78, 5) is 4.45. The highest BCUT2D eigenvalue weighted by Gasteiger charge is 2.47. The molecule has 7 heteroatoms. The first-order chi connectivity index (χ1) is 11.5. The molecule has 4 nitrogen and oxygen atoms in total. The summed E-state index contributed by atoms with van der Waals surface area (Å²) in [6, 6.07) is 5.73. The largest absolute Gasteiger partial charge is 0.416 e. The van der Waals surface area contributed by atoms with E-state index >= 15 is 0 Å². The molecule has 1 aromatic carbocycles. The predicted molar refractivity (Wildman–Crippen MR) is 78.6 cm³/mol. The van der Waals surface area contributed by atoms with Gasteiger partial charge in [0, 0.05) is 25.0 Å². The summed E-state index contributed by atoms with van der Waals surface area (Å²) in [6.45, 7) is 1.36. The first kappa shape index (κ1) is 15.6. The second-order valence-corrected chi connectivity index (χ2v) is 6.41. The molecule has 2 fully saturated rings. The van der Waals surface area contributed by atoms with E-state index in [2.05, 4.69) is 10.1 Å². The number of benzene rings is 1. The molecule has 0 bridgehead atoms. The number of hydrogen-bond acceptors (Lipinski definition) is 4. The van der Waals surface area contributed by atoms with Crippen molar-refractivity contribution in [3.63, 3.8) is 0 Å². The second-order valence-electron chi connectivity index (χ2n) is 6.41. The molecule has 2 aromatic rings. The van der Waals surface area contributed by atoms with Crippen molar-refractivity contribution in [2.24, 2.45) is 0 Å². The van der Waals surface area contributed by atoms with E-state index in [-0.39, 0.29) is 17.8 Å². The molecule has 1 aliphatic carbocycles. The van der Waals surface area contributed by atoms with Gasteiger partial charge in [-0.25, -0.2) is 0 Å². The molecule has 0 N–H and O–H groups in total. The summed E-state index contributed by atoms with van der Waals surface area (Å²) < 4.78 is 50.1. The minimum absolute atomic E-state index is 0.116. The molecule has 2 atom stereocenters. The van der Waals surface area contributed by atoms with Gasteiger partial charge in [-0.2, -0.15) is 18.2 Å². The summed E-state index contributed by atoms with van der Waals surface area (Å²) in [5.74, 6) is 1.01. The van der Waals surface area contributed by atoms with Crippen molar-refractivity contribution < 1.29 is 22.4 Å². The lowest BCUT2D eigenvalue weighted by atomic mass is 10.00. The van der Waals surface area contributed by atoms with Gasteiger partial charge in [0.15, 0.2) is 5.82 Å². The molecule has 0 amide bonds. The molecule has 0 spiro atoms. The highest BCUT2D eigenvalue weighted by Crippen LogP contribution is 2.56. The Bertz CT molecular complexity index is 723. The van der Waals surface area contributed by atoms with E-state index in [0.29, 0.717) is 36.9 Å². The van der Waals surface area contributed by atoms with Crippen molar-refractivity contribution in [2.45, 2.75) is 43.2 Å². The monoisotopic (exact) mass is 338 g/mol. The van der Waals surface area contributed by atoms with Crippen LogP contribution in [-0.4, -0.2) is 23.4 Å². The van der Waals surface area contributed by atoms with Gasteiger partial charge in [-0.3, -0.25) is 0 Å². The van der Waals surface area contributed by atoms with E-state index in [1.165, 1.54) is 6.07 Å². The van der Waals surface area contributed by atoms with Crippen molar-refractivity contribution in [3.05, 3.63) is 47.1 Å². The molecule has 4 rings (SSSR count). The van der Waals surface area contributed by atoms with E-state index in [9.17, 15) is 13.2 Å². The molecular weight excluding hydrogens is 321 g/mol. The Labute approximate surface area is 137 Å². The maximum atomic E-state index is 13.1. The van der Waals surface area contributed by atoms with Crippen LogP contribution < -0.4 is 0 Å². The Hall–Kier alpha value is -1.89. The maximum absolute atomic E-state index is 13.1. The van der Waals surface area contributed by atoms with Crippen LogP contribution in [0.3, 0.4) is 0 Å². The SMILES string of the molecule is FC(F)(F)c1ccccc1[C@@H]1C[C@H]1c1nc(C2CCOCC2)no1. The quantitative estimate of drug-likeness (QED) is 0.839. The summed E-state index contributed by atoms with van der Waals surface area (Å²) in [5, 5.41) is 4.04. The number of rotatable bonds is 3. The van der Waals surface area contributed by atoms with Crippen LogP contribution in [0.4, 0.5) is 13.2 Å². The molecule has 24 heavy (non-hydrogen) atoms. The van der Waals surface area contributed by atoms with E-state index in [4.69, 9.17) is 9.26 Å². The zero-order valence-electron chi connectivity index (χ0n) is 12.9. The Kier molecular flexibility index (Phi) is 3.83. The van der Waals surface area contributed by atoms with E-state index < -0.39 is 11.7 Å². The van der Waals surface area contributed by atoms with Gasteiger partial charge < -0.3 is 9.26 Å². The number of nitrogens with zero attached hydrogens (tertiary/aromatic N) is 2. The van der Waals surface area contributed by atoms with Crippen LogP contribution in [0.25, 0.3) is 0 Å². The molecule has 1 saturated heterocycles. The third-order valence-corrected chi connectivity index (χ3v) is 4.82. The summed E-state index contributed by atoms with van der Waals surface area (Å²) in [7, 11) is 0. The van der Waals surface area contributed by atoms with Gasteiger partial charge in [0.05, 0.1) is 5.56 Å². The van der Waals surface area contributed by atoms with Crippen LogP contribution >= 0.6 is 0 Å². The molecule has 2 aliphatic rings. The molecule has 1 saturated carbocycles. The maximum Gasteiger partial charge on any atom is 0.416 e. The number of aromatic nitrogens is 2. The molecular formula is C17H17F3N2O2. The number of alkyl halides is 3. The fourth-order valence-electron chi connectivity index (χ4n) is 3.41. The van der Waals surface area contributed by atoms with Gasteiger partial charge in [-0.15, -0.1) is 0 Å². The normalized spacial score (nSPS) is 25.0. The highest BCUT2D eigenvalue weighted by molar-refractivity contribution is 5.39. The smallest absolute Gasteiger partial charge is 0.381 e. The lowest BCUT2D eigenvalue weighted by Gasteiger charge is -2.18. The Morgan fingerprint density at radius 2 is 1.79 bits per heavy atom. The minimum atomic E-state index is -4.34.